The SMILES string of the molecule is CC[C@@H](CNC(=O)[C@@H](C)Oc1ccc(C#N)cc1)c1ccccc1. The summed E-state index contributed by atoms with van der Waals surface area (Å²) in [4.78, 5) is 12.2. The van der Waals surface area contributed by atoms with Gasteiger partial charge in [0.15, 0.2) is 6.10 Å². The number of amides is 1. The topological polar surface area (TPSA) is 62.1 Å². The molecule has 1 amide bonds. The molecule has 0 aromatic heterocycles. The Kier molecular flexibility index (Phi) is 6.39. The maximum atomic E-state index is 12.2. The maximum absolute atomic E-state index is 12.2. The van der Waals surface area contributed by atoms with Gasteiger partial charge in [-0.1, -0.05) is 37.3 Å². The highest BCUT2D eigenvalue weighted by molar-refractivity contribution is 5.80. The Bertz CT molecular complexity index is 690. The van der Waals surface area contributed by atoms with E-state index in [2.05, 4.69) is 30.4 Å². The summed E-state index contributed by atoms with van der Waals surface area (Å²) in [5.74, 6) is 0.720. The van der Waals surface area contributed by atoms with Gasteiger partial charge >= 0.3 is 0 Å². The van der Waals surface area contributed by atoms with Gasteiger partial charge in [0.25, 0.3) is 5.91 Å². The van der Waals surface area contributed by atoms with Crippen molar-refractivity contribution in [1.29, 1.82) is 5.26 Å². The second kappa shape index (κ2) is 8.73. The highest BCUT2D eigenvalue weighted by Crippen LogP contribution is 2.18. The van der Waals surface area contributed by atoms with E-state index in [1.54, 1.807) is 31.2 Å². The zero-order valence-electron chi connectivity index (χ0n) is 14.0. The molecular formula is C20H22N2O2. The van der Waals surface area contributed by atoms with Crippen molar-refractivity contribution in [3.8, 4) is 11.8 Å². The molecule has 4 nitrogen and oxygen atoms in total. The molecule has 0 spiro atoms. The predicted molar refractivity (Wildman–Crippen MR) is 93.7 cm³/mol. The zero-order valence-corrected chi connectivity index (χ0v) is 14.0. The molecule has 0 saturated heterocycles. The first-order valence-corrected chi connectivity index (χ1v) is 8.13. The van der Waals surface area contributed by atoms with Gasteiger partial charge in [-0.15, -0.1) is 0 Å². The Balaban J connectivity index is 1.87. The fourth-order valence-electron chi connectivity index (χ4n) is 2.46. The van der Waals surface area contributed by atoms with E-state index in [4.69, 9.17) is 10.00 Å². The molecule has 0 saturated carbocycles. The molecule has 0 aliphatic rings. The lowest BCUT2D eigenvalue weighted by Crippen LogP contribution is -2.38. The van der Waals surface area contributed by atoms with E-state index in [1.807, 2.05) is 18.2 Å². The van der Waals surface area contributed by atoms with Crippen LogP contribution in [-0.4, -0.2) is 18.6 Å². The van der Waals surface area contributed by atoms with Gasteiger partial charge in [0.2, 0.25) is 0 Å². The average Bonchev–Trinajstić information content (AvgIpc) is 2.63. The number of rotatable bonds is 7. The van der Waals surface area contributed by atoms with Crippen LogP contribution < -0.4 is 10.1 Å². The van der Waals surface area contributed by atoms with Crippen LogP contribution in [0, 0.1) is 11.3 Å². The molecule has 0 aliphatic heterocycles. The van der Waals surface area contributed by atoms with Gasteiger partial charge in [-0.2, -0.15) is 5.26 Å². The molecule has 4 heteroatoms. The lowest BCUT2D eigenvalue weighted by molar-refractivity contribution is -0.127. The first-order valence-electron chi connectivity index (χ1n) is 8.13. The van der Waals surface area contributed by atoms with E-state index in [0.717, 1.165) is 6.42 Å². The fraction of sp³-hybridized carbons (Fsp3) is 0.300. The summed E-state index contributed by atoms with van der Waals surface area (Å²) in [5, 5.41) is 11.7. The predicted octanol–water partition coefficient (Wildman–Crippen LogP) is 3.64. The van der Waals surface area contributed by atoms with Crippen molar-refractivity contribution < 1.29 is 9.53 Å². The second-order valence-electron chi connectivity index (χ2n) is 5.66. The van der Waals surface area contributed by atoms with Gasteiger partial charge in [-0.05, 0) is 43.2 Å². The first-order chi connectivity index (χ1) is 11.6. The molecule has 24 heavy (non-hydrogen) atoms. The molecule has 2 aromatic carbocycles. The number of nitriles is 1. The Labute approximate surface area is 143 Å². The van der Waals surface area contributed by atoms with Crippen molar-refractivity contribution in [2.45, 2.75) is 32.3 Å². The third kappa shape index (κ3) is 4.85. The number of ether oxygens (including phenoxy) is 1. The normalized spacial score (nSPS) is 12.7. The van der Waals surface area contributed by atoms with Crippen molar-refractivity contribution in [3.05, 3.63) is 65.7 Å². The van der Waals surface area contributed by atoms with Gasteiger partial charge in [0.05, 0.1) is 11.6 Å². The monoisotopic (exact) mass is 322 g/mol. The van der Waals surface area contributed by atoms with Crippen LogP contribution in [0.1, 0.15) is 37.3 Å². The first kappa shape index (κ1) is 17.6. The molecule has 0 aliphatic carbocycles. The summed E-state index contributed by atoms with van der Waals surface area (Å²) >= 11 is 0. The van der Waals surface area contributed by atoms with Crippen molar-refractivity contribution in [2.24, 2.45) is 0 Å². The molecular weight excluding hydrogens is 300 g/mol. The van der Waals surface area contributed by atoms with E-state index in [9.17, 15) is 4.79 Å². The van der Waals surface area contributed by atoms with Crippen LogP contribution in [0.3, 0.4) is 0 Å². The van der Waals surface area contributed by atoms with E-state index >= 15 is 0 Å². The standard InChI is InChI=1S/C20H22N2O2/c1-3-17(18-7-5-4-6-8-18)14-22-20(23)15(2)24-19-11-9-16(13-21)10-12-19/h4-12,15,17H,3,14H2,1-2H3,(H,22,23)/t15-,17+/m1/s1. The summed E-state index contributed by atoms with van der Waals surface area (Å²) in [5.41, 5.74) is 1.79. The molecule has 0 fully saturated rings. The quantitative estimate of drug-likeness (QED) is 0.846. The third-order valence-corrected chi connectivity index (χ3v) is 3.95. The largest absolute Gasteiger partial charge is 0.481 e. The van der Waals surface area contributed by atoms with E-state index < -0.39 is 6.10 Å². The van der Waals surface area contributed by atoms with Crippen LogP contribution in [0.25, 0.3) is 0 Å². The number of hydrogen-bond acceptors (Lipinski definition) is 3. The van der Waals surface area contributed by atoms with Crippen LogP contribution in [0.2, 0.25) is 0 Å². The Morgan fingerprint density at radius 2 is 1.83 bits per heavy atom. The number of benzene rings is 2. The summed E-state index contributed by atoms with van der Waals surface area (Å²) in [7, 11) is 0. The molecule has 2 atom stereocenters. The van der Waals surface area contributed by atoms with Crippen LogP contribution in [-0.2, 0) is 4.79 Å². The van der Waals surface area contributed by atoms with Gasteiger partial charge in [-0.3, -0.25) is 4.79 Å². The van der Waals surface area contributed by atoms with E-state index in [-0.39, 0.29) is 11.8 Å². The van der Waals surface area contributed by atoms with Gasteiger partial charge < -0.3 is 10.1 Å². The lowest BCUT2D eigenvalue weighted by atomic mass is 9.96. The molecule has 0 unspecified atom stereocenters. The number of carbonyl (C=O) groups is 1. The highest BCUT2D eigenvalue weighted by Gasteiger charge is 2.17. The Morgan fingerprint density at radius 1 is 1.17 bits per heavy atom. The molecule has 0 heterocycles. The van der Waals surface area contributed by atoms with Crippen LogP contribution in [0.5, 0.6) is 5.75 Å². The molecule has 2 aromatic rings. The lowest BCUT2D eigenvalue weighted by Gasteiger charge is -2.19. The highest BCUT2D eigenvalue weighted by atomic mass is 16.5. The minimum Gasteiger partial charge on any atom is -0.481 e. The summed E-state index contributed by atoms with van der Waals surface area (Å²) < 4.78 is 5.63. The number of nitrogens with zero attached hydrogens (tertiary/aromatic N) is 1. The van der Waals surface area contributed by atoms with Crippen LogP contribution in [0.15, 0.2) is 54.6 Å². The third-order valence-electron chi connectivity index (χ3n) is 3.95. The summed E-state index contributed by atoms with van der Waals surface area (Å²) in [6, 6.07) is 18.9. The zero-order chi connectivity index (χ0) is 17.4. The minimum absolute atomic E-state index is 0.145. The Hall–Kier alpha value is -2.80. The summed E-state index contributed by atoms with van der Waals surface area (Å²) in [6.45, 7) is 4.41. The molecule has 0 bridgehead atoms. The van der Waals surface area contributed by atoms with E-state index in [0.29, 0.717) is 17.9 Å². The van der Waals surface area contributed by atoms with E-state index in [1.165, 1.54) is 5.56 Å². The molecule has 0 radical (unpaired) electrons. The van der Waals surface area contributed by atoms with Gasteiger partial charge in [0.1, 0.15) is 5.75 Å². The van der Waals surface area contributed by atoms with Crippen molar-refractivity contribution in [3.63, 3.8) is 0 Å². The van der Waals surface area contributed by atoms with Gasteiger partial charge in [0, 0.05) is 12.5 Å². The molecule has 124 valence electrons. The van der Waals surface area contributed by atoms with Crippen LogP contribution in [0.4, 0.5) is 0 Å². The van der Waals surface area contributed by atoms with Crippen molar-refractivity contribution >= 4 is 5.91 Å². The smallest absolute Gasteiger partial charge is 0.260 e. The molecule has 1 N–H and O–H groups in total. The van der Waals surface area contributed by atoms with Gasteiger partial charge in [-0.25, -0.2) is 0 Å². The Morgan fingerprint density at radius 3 is 2.42 bits per heavy atom. The minimum atomic E-state index is -0.591. The fourth-order valence-corrected chi connectivity index (χ4v) is 2.46. The maximum Gasteiger partial charge on any atom is 0.260 e. The van der Waals surface area contributed by atoms with Crippen molar-refractivity contribution in [1.82, 2.24) is 5.32 Å². The average molecular weight is 322 g/mol. The number of nitrogens with one attached hydrogen (secondary N) is 1. The second-order valence-corrected chi connectivity index (χ2v) is 5.66. The van der Waals surface area contributed by atoms with Crippen LogP contribution >= 0.6 is 0 Å². The summed E-state index contributed by atoms with van der Waals surface area (Å²) in [6.07, 6.45) is 0.362. The van der Waals surface area contributed by atoms with Crippen molar-refractivity contribution in [2.75, 3.05) is 6.54 Å². The molecule has 2 rings (SSSR count). The number of hydrogen-bond donors (Lipinski definition) is 1. The number of carbonyl (C=O) groups excluding carboxylic acids is 1.